The first-order valence-corrected chi connectivity index (χ1v) is 8.71. The summed E-state index contributed by atoms with van der Waals surface area (Å²) in [6, 6.07) is 3.91. The molecular weight excluding hydrogens is 332 g/mol. The first-order chi connectivity index (χ1) is 12.4. The van der Waals surface area contributed by atoms with Gasteiger partial charge in [0.25, 0.3) is 0 Å². The van der Waals surface area contributed by atoms with Crippen LogP contribution in [-0.4, -0.2) is 43.2 Å². The summed E-state index contributed by atoms with van der Waals surface area (Å²) in [6.45, 7) is 4.01. The number of hydrogen-bond acceptors (Lipinski definition) is 5. The van der Waals surface area contributed by atoms with E-state index in [-0.39, 0.29) is 0 Å². The van der Waals surface area contributed by atoms with Gasteiger partial charge in [-0.05, 0) is 44.4 Å². The highest BCUT2D eigenvalue weighted by Gasteiger charge is 2.32. The van der Waals surface area contributed by atoms with Crippen LogP contribution >= 0.6 is 0 Å². The first-order valence-electron chi connectivity index (χ1n) is 8.71. The summed E-state index contributed by atoms with van der Waals surface area (Å²) >= 11 is 0. The zero-order valence-electron chi connectivity index (χ0n) is 15.1. The van der Waals surface area contributed by atoms with Gasteiger partial charge < -0.3 is 9.84 Å². The molecule has 7 heteroatoms. The molecule has 0 bridgehead atoms. The van der Waals surface area contributed by atoms with Crippen molar-refractivity contribution in [3.05, 3.63) is 42.0 Å². The molecule has 7 nitrogen and oxygen atoms in total. The van der Waals surface area contributed by atoms with Gasteiger partial charge >= 0.3 is 5.97 Å². The smallest absolute Gasteiger partial charge is 0.341 e. The fourth-order valence-corrected chi connectivity index (χ4v) is 3.31. The molecule has 1 N–H and O–H groups in total. The second-order valence-corrected chi connectivity index (χ2v) is 7.48. The molecule has 0 amide bonds. The number of methoxy groups -OCH3 is 1. The number of carbonyl (C=O) groups excluding carboxylic acids is 1. The average molecular weight is 354 g/mol. The predicted molar refractivity (Wildman–Crippen MR) is 96.0 cm³/mol. The fourth-order valence-electron chi connectivity index (χ4n) is 3.31. The van der Waals surface area contributed by atoms with Crippen LogP contribution in [0.3, 0.4) is 0 Å². The molecule has 0 spiro atoms. The average Bonchev–Trinajstić information content (AvgIpc) is 3.21. The second-order valence-electron chi connectivity index (χ2n) is 7.48. The van der Waals surface area contributed by atoms with Gasteiger partial charge in [-0.2, -0.15) is 10.2 Å². The SMILES string of the molecule is COC(=O)c1cnn2ccc(-c3cnn(CC(C)(C)O)c3C3CC3)cc12. The Morgan fingerprint density at radius 3 is 2.77 bits per heavy atom. The number of pyridine rings is 1. The molecule has 1 aliphatic rings. The lowest BCUT2D eigenvalue weighted by molar-refractivity contribution is 0.0566. The molecule has 1 saturated carbocycles. The monoisotopic (exact) mass is 354 g/mol. The van der Waals surface area contributed by atoms with Crippen LogP contribution in [0.4, 0.5) is 0 Å². The number of ether oxygens (including phenoxy) is 1. The Hall–Kier alpha value is -2.67. The Morgan fingerprint density at radius 2 is 2.12 bits per heavy atom. The van der Waals surface area contributed by atoms with Gasteiger partial charge in [-0.25, -0.2) is 9.31 Å². The summed E-state index contributed by atoms with van der Waals surface area (Å²) in [5, 5.41) is 18.9. The van der Waals surface area contributed by atoms with Crippen molar-refractivity contribution in [2.24, 2.45) is 0 Å². The van der Waals surface area contributed by atoms with E-state index in [1.807, 2.05) is 29.2 Å². The van der Waals surface area contributed by atoms with Gasteiger partial charge in [0.15, 0.2) is 0 Å². The summed E-state index contributed by atoms with van der Waals surface area (Å²) in [5.74, 6) is 0.0633. The summed E-state index contributed by atoms with van der Waals surface area (Å²) in [7, 11) is 1.36. The number of aromatic nitrogens is 4. The Balaban J connectivity index is 1.81. The molecule has 0 atom stereocenters. The van der Waals surface area contributed by atoms with Crippen LogP contribution in [0, 0.1) is 0 Å². The lowest BCUT2D eigenvalue weighted by Crippen LogP contribution is -2.27. The van der Waals surface area contributed by atoms with E-state index in [0.29, 0.717) is 23.5 Å². The van der Waals surface area contributed by atoms with E-state index < -0.39 is 11.6 Å². The Labute approximate surface area is 151 Å². The highest BCUT2D eigenvalue weighted by molar-refractivity contribution is 5.97. The van der Waals surface area contributed by atoms with Crippen molar-refractivity contribution in [2.45, 2.75) is 44.8 Å². The first kappa shape index (κ1) is 16.8. The van der Waals surface area contributed by atoms with Crippen molar-refractivity contribution in [3.63, 3.8) is 0 Å². The number of fused-ring (bicyclic) bond motifs is 1. The van der Waals surface area contributed by atoms with E-state index in [2.05, 4.69) is 10.2 Å². The van der Waals surface area contributed by atoms with E-state index >= 15 is 0 Å². The van der Waals surface area contributed by atoms with Gasteiger partial charge in [0.05, 0.1) is 37.2 Å². The highest BCUT2D eigenvalue weighted by Crippen LogP contribution is 2.44. The molecule has 1 fully saturated rings. The molecule has 3 aromatic heterocycles. The number of carbonyl (C=O) groups is 1. The molecule has 3 heterocycles. The van der Waals surface area contributed by atoms with Gasteiger partial charge in [0.2, 0.25) is 0 Å². The van der Waals surface area contributed by atoms with Crippen LogP contribution in [0.25, 0.3) is 16.6 Å². The van der Waals surface area contributed by atoms with E-state index in [1.165, 1.54) is 13.3 Å². The molecule has 0 radical (unpaired) electrons. The number of aliphatic hydroxyl groups is 1. The standard InChI is InChI=1S/C19H22N4O3/c1-19(2,25)11-23-17(12-4-5-12)14(9-21-23)13-6-7-22-16(8-13)15(10-20-22)18(24)26-3/h6-10,12,25H,4-5,11H2,1-3H3. The highest BCUT2D eigenvalue weighted by atomic mass is 16.5. The van der Waals surface area contributed by atoms with E-state index in [9.17, 15) is 9.90 Å². The minimum absolute atomic E-state index is 0.405. The molecule has 3 aromatic rings. The van der Waals surface area contributed by atoms with E-state index in [1.54, 1.807) is 18.4 Å². The minimum atomic E-state index is -0.833. The van der Waals surface area contributed by atoms with Crippen molar-refractivity contribution in [2.75, 3.05) is 7.11 Å². The quantitative estimate of drug-likeness (QED) is 0.712. The maximum Gasteiger partial charge on any atom is 0.341 e. The number of nitrogens with zero attached hydrogens (tertiary/aromatic N) is 4. The fraction of sp³-hybridized carbons (Fsp3) is 0.421. The van der Waals surface area contributed by atoms with Crippen LogP contribution in [-0.2, 0) is 11.3 Å². The summed E-state index contributed by atoms with van der Waals surface area (Å²) in [4.78, 5) is 12.0. The Kier molecular flexibility index (Phi) is 3.84. The zero-order chi connectivity index (χ0) is 18.5. The lowest BCUT2D eigenvalue weighted by Gasteiger charge is -2.19. The number of esters is 1. The van der Waals surface area contributed by atoms with Crippen molar-refractivity contribution in [3.8, 4) is 11.1 Å². The van der Waals surface area contributed by atoms with Crippen molar-refractivity contribution in [1.82, 2.24) is 19.4 Å². The van der Waals surface area contributed by atoms with Gasteiger partial charge in [-0.1, -0.05) is 0 Å². The Bertz CT molecular complexity index is 976. The van der Waals surface area contributed by atoms with Gasteiger partial charge in [0.1, 0.15) is 5.56 Å². The van der Waals surface area contributed by atoms with E-state index in [4.69, 9.17) is 4.74 Å². The summed E-state index contributed by atoms with van der Waals surface area (Å²) < 4.78 is 8.41. The van der Waals surface area contributed by atoms with Crippen LogP contribution in [0.1, 0.15) is 48.7 Å². The normalized spacial score (nSPS) is 14.8. The van der Waals surface area contributed by atoms with Crippen molar-refractivity contribution in [1.29, 1.82) is 0 Å². The number of rotatable bonds is 5. The van der Waals surface area contributed by atoms with E-state index in [0.717, 1.165) is 29.7 Å². The largest absolute Gasteiger partial charge is 0.465 e. The van der Waals surface area contributed by atoms with Crippen LogP contribution in [0.15, 0.2) is 30.7 Å². The molecule has 1 aliphatic carbocycles. The van der Waals surface area contributed by atoms with Gasteiger partial charge in [-0.15, -0.1) is 0 Å². The molecule has 136 valence electrons. The number of hydrogen-bond donors (Lipinski definition) is 1. The molecule has 0 aliphatic heterocycles. The van der Waals surface area contributed by atoms with Crippen LogP contribution < -0.4 is 0 Å². The third-order valence-electron chi connectivity index (χ3n) is 4.62. The minimum Gasteiger partial charge on any atom is -0.465 e. The van der Waals surface area contributed by atoms with Crippen LogP contribution in [0.2, 0.25) is 0 Å². The van der Waals surface area contributed by atoms with Crippen LogP contribution in [0.5, 0.6) is 0 Å². The Morgan fingerprint density at radius 1 is 1.35 bits per heavy atom. The molecule has 0 aromatic carbocycles. The third-order valence-corrected chi connectivity index (χ3v) is 4.62. The predicted octanol–water partition coefficient (Wildman–Crippen LogP) is 2.63. The summed E-state index contributed by atoms with van der Waals surface area (Å²) in [5.41, 5.74) is 3.47. The molecule has 4 rings (SSSR count). The van der Waals surface area contributed by atoms with Gasteiger partial charge in [0, 0.05) is 23.4 Å². The van der Waals surface area contributed by atoms with Gasteiger partial charge in [-0.3, -0.25) is 4.68 Å². The molecule has 26 heavy (non-hydrogen) atoms. The third kappa shape index (κ3) is 2.99. The molecule has 0 saturated heterocycles. The molecule has 0 unspecified atom stereocenters. The second kappa shape index (κ2) is 5.95. The zero-order valence-corrected chi connectivity index (χ0v) is 15.1. The maximum absolute atomic E-state index is 12.0. The van der Waals surface area contributed by atoms with Crippen molar-refractivity contribution >= 4 is 11.5 Å². The summed E-state index contributed by atoms with van der Waals surface area (Å²) in [6.07, 6.45) is 7.46. The molecular formula is C19H22N4O3. The lowest BCUT2D eigenvalue weighted by atomic mass is 10.0. The topological polar surface area (TPSA) is 81.6 Å². The van der Waals surface area contributed by atoms with Crippen molar-refractivity contribution < 1.29 is 14.6 Å². The maximum atomic E-state index is 12.0.